The Morgan fingerprint density at radius 3 is 2.52 bits per heavy atom. The van der Waals surface area contributed by atoms with E-state index in [1.54, 1.807) is 49.6 Å². The highest BCUT2D eigenvalue weighted by atomic mass is 16.5. The number of nitroso groups, excluding NO2 is 1. The zero-order valence-electron chi connectivity index (χ0n) is 16.6. The fourth-order valence-electron chi connectivity index (χ4n) is 3.14. The van der Waals surface area contributed by atoms with Crippen LogP contribution in [0.5, 0.6) is 5.75 Å². The van der Waals surface area contributed by atoms with E-state index < -0.39 is 0 Å². The molecule has 0 spiro atoms. The van der Waals surface area contributed by atoms with Crippen LogP contribution < -0.4 is 14.8 Å². The second-order valence-electron chi connectivity index (χ2n) is 6.75. The SMILES string of the molecule is COc1ccc(/C=C/C(=O)Nc2ccc(-c3[nH]c4ccc(N=O)cc4[n+]3O)cc2)cc1. The molecule has 0 saturated carbocycles. The molecule has 3 N–H and O–H groups in total. The number of benzene rings is 3. The first-order valence-corrected chi connectivity index (χ1v) is 9.41. The molecule has 31 heavy (non-hydrogen) atoms. The van der Waals surface area contributed by atoms with Gasteiger partial charge in [0.2, 0.25) is 11.4 Å². The molecule has 0 atom stereocenters. The predicted octanol–water partition coefficient (Wildman–Crippen LogP) is 4.42. The molecule has 154 valence electrons. The lowest BCUT2D eigenvalue weighted by Gasteiger charge is -2.03. The summed E-state index contributed by atoms with van der Waals surface area (Å²) < 4.78 is 6.08. The Morgan fingerprint density at radius 2 is 1.84 bits per heavy atom. The van der Waals surface area contributed by atoms with Gasteiger partial charge in [0.15, 0.2) is 5.52 Å². The molecule has 0 bridgehead atoms. The Morgan fingerprint density at radius 1 is 1.10 bits per heavy atom. The van der Waals surface area contributed by atoms with E-state index in [0.717, 1.165) is 16.0 Å². The second kappa shape index (κ2) is 8.50. The zero-order chi connectivity index (χ0) is 21.8. The summed E-state index contributed by atoms with van der Waals surface area (Å²) in [5.74, 6) is 0.928. The van der Waals surface area contributed by atoms with Gasteiger partial charge in [0.1, 0.15) is 11.4 Å². The number of carbonyl (C=O) groups is 1. The molecule has 0 aliphatic rings. The number of anilines is 1. The number of aromatic amines is 1. The lowest BCUT2D eigenvalue weighted by Crippen LogP contribution is -2.30. The molecule has 1 amide bonds. The molecule has 4 rings (SSSR count). The van der Waals surface area contributed by atoms with Crippen LogP contribution in [0.2, 0.25) is 0 Å². The van der Waals surface area contributed by atoms with Crippen molar-refractivity contribution in [3.63, 3.8) is 0 Å². The highest BCUT2D eigenvalue weighted by Gasteiger charge is 2.20. The highest BCUT2D eigenvalue weighted by Crippen LogP contribution is 2.23. The third-order valence-electron chi connectivity index (χ3n) is 4.75. The number of methoxy groups -OCH3 is 1. The molecule has 8 nitrogen and oxygen atoms in total. The number of aromatic nitrogens is 2. The quantitative estimate of drug-likeness (QED) is 0.187. The van der Waals surface area contributed by atoms with Crippen LogP contribution in [0.25, 0.3) is 28.5 Å². The van der Waals surface area contributed by atoms with E-state index in [-0.39, 0.29) is 11.6 Å². The maximum atomic E-state index is 12.2. The number of H-pyrrole nitrogens is 1. The average Bonchev–Trinajstić information content (AvgIpc) is 3.14. The van der Waals surface area contributed by atoms with Crippen molar-refractivity contribution in [3.8, 4) is 17.1 Å². The number of nitrogens with zero attached hydrogens (tertiary/aromatic N) is 2. The smallest absolute Gasteiger partial charge is 0.327 e. The largest absolute Gasteiger partial charge is 0.497 e. The van der Waals surface area contributed by atoms with Gasteiger partial charge >= 0.3 is 5.82 Å². The maximum Gasteiger partial charge on any atom is 0.327 e. The summed E-state index contributed by atoms with van der Waals surface area (Å²) in [6, 6.07) is 19.1. The van der Waals surface area contributed by atoms with E-state index in [0.29, 0.717) is 28.1 Å². The molecule has 3 aromatic carbocycles. The van der Waals surface area contributed by atoms with Crippen molar-refractivity contribution < 1.29 is 19.5 Å². The molecule has 1 heterocycles. The van der Waals surface area contributed by atoms with Gasteiger partial charge in [0.25, 0.3) is 0 Å². The number of rotatable bonds is 6. The Hall–Kier alpha value is -4.46. The minimum atomic E-state index is -0.264. The Kier molecular flexibility index (Phi) is 5.44. The minimum absolute atomic E-state index is 0.224. The van der Waals surface area contributed by atoms with Crippen molar-refractivity contribution in [3.05, 3.63) is 83.3 Å². The van der Waals surface area contributed by atoms with E-state index in [1.807, 2.05) is 24.3 Å². The van der Waals surface area contributed by atoms with Gasteiger partial charge in [-0.2, -0.15) is 0 Å². The lowest BCUT2D eigenvalue weighted by atomic mass is 10.2. The van der Waals surface area contributed by atoms with E-state index in [4.69, 9.17) is 4.74 Å². The van der Waals surface area contributed by atoms with Gasteiger partial charge in [-0.25, -0.2) is 4.98 Å². The predicted molar refractivity (Wildman–Crippen MR) is 117 cm³/mol. The normalized spacial score (nSPS) is 11.0. The van der Waals surface area contributed by atoms with Crippen molar-refractivity contribution >= 4 is 34.4 Å². The third-order valence-corrected chi connectivity index (χ3v) is 4.75. The number of amides is 1. The van der Waals surface area contributed by atoms with Crippen LogP contribution in [0.1, 0.15) is 5.56 Å². The van der Waals surface area contributed by atoms with E-state index >= 15 is 0 Å². The van der Waals surface area contributed by atoms with Crippen molar-refractivity contribution in [1.29, 1.82) is 0 Å². The number of imidazole rings is 1. The number of ether oxygens (including phenoxy) is 1. The first-order valence-electron chi connectivity index (χ1n) is 9.41. The van der Waals surface area contributed by atoms with Crippen LogP contribution in [0.4, 0.5) is 11.4 Å². The minimum Gasteiger partial charge on any atom is -0.497 e. The number of carbonyl (C=O) groups excluding carboxylic acids is 1. The van der Waals surface area contributed by atoms with E-state index in [2.05, 4.69) is 15.5 Å². The van der Waals surface area contributed by atoms with Crippen molar-refractivity contribution in [2.75, 3.05) is 12.4 Å². The molecule has 0 aliphatic heterocycles. The molecule has 1 aromatic heterocycles. The van der Waals surface area contributed by atoms with Gasteiger partial charge in [-0.05, 0) is 70.1 Å². The summed E-state index contributed by atoms with van der Waals surface area (Å²) in [7, 11) is 1.60. The van der Waals surface area contributed by atoms with Crippen LogP contribution >= 0.6 is 0 Å². The lowest BCUT2D eigenvalue weighted by molar-refractivity contribution is -0.875. The van der Waals surface area contributed by atoms with Gasteiger partial charge in [-0.15, -0.1) is 4.91 Å². The van der Waals surface area contributed by atoms with Gasteiger partial charge in [-0.1, -0.05) is 12.1 Å². The summed E-state index contributed by atoms with van der Waals surface area (Å²) in [5, 5.41) is 16.1. The van der Waals surface area contributed by atoms with E-state index in [9.17, 15) is 14.9 Å². The Labute approximate surface area is 177 Å². The van der Waals surface area contributed by atoms with Crippen molar-refractivity contribution in [2.45, 2.75) is 0 Å². The van der Waals surface area contributed by atoms with Crippen molar-refractivity contribution in [1.82, 2.24) is 4.98 Å². The van der Waals surface area contributed by atoms with Crippen LogP contribution in [0, 0.1) is 4.91 Å². The molecule has 0 saturated heterocycles. The molecule has 8 heteroatoms. The first-order chi connectivity index (χ1) is 15.1. The monoisotopic (exact) mass is 415 g/mol. The van der Waals surface area contributed by atoms with Gasteiger partial charge in [0, 0.05) is 17.8 Å². The van der Waals surface area contributed by atoms with Crippen LogP contribution in [0.3, 0.4) is 0 Å². The van der Waals surface area contributed by atoms with Gasteiger partial charge < -0.3 is 15.3 Å². The third kappa shape index (κ3) is 4.27. The number of hydrogen-bond acceptors (Lipinski definition) is 5. The summed E-state index contributed by atoms with van der Waals surface area (Å²) in [6.45, 7) is 0. The maximum absolute atomic E-state index is 12.2. The van der Waals surface area contributed by atoms with Crippen LogP contribution in [-0.4, -0.2) is 23.2 Å². The second-order valence-corrected chi connectivity index (χ2v) is 6.75. The van der Waals surface area contributed by atoms with Crippen molar-refractivity contribution in [2.24, 2.45) is 5.18 Å². The fraction of sp³-hybridized carbons (Fsp3) is 0.0435. The fourth-order valence-corrected chi connectivity index (χ4v) is 3.14. The van der Waals surface area contributed by atoms with E-state index in [1.165, 1.54) is 12.1 Å². The zero-order valence-corrected chi connectivity index (χ0v) is 16.6. The molecular formula is C23H19N4O4+. The summed E-state index contributed by atoms with van der Waals surface area (Å²) >= 11 is 0. The molecule has 0 radical (unpaired) electrons. The Balaban J connectivity index is 1.47. The molecule has 0 aliphatic carbocycles. The summed E-state index contributed by atoms with van der Waals surface area (Å²) in [6.07, 6.45) is 3.17. The Bertz CT molecular complexity index is 1280. The summed E-state index contributed by atoms with van der Waals surface area (Å²) in [5.41, 5.74) is 3.51. The summed E-state index contributed by atoms with van der Waals surface area (Å²) in [4.78, 5) is 26.0. The number of nitrogens with one attached hydrogen (secondary N) is 2. The van der Waals surface area contributed by atoms with Crippen LogP contribution in [0.15, 0.2) is 78.0 Å². The van der Waals surface area contributed by atoms with Gasteiger partial charge in [0.05, 0.1) is 12.7 Å². The van der Waals surface area contributed by atoms with Gasteiger partial charge in [-0.3, -0.25) is 4.79 Å². The first kappa shape index (κ1) is 19.8. The number of hydrogen-bond donors (Lipinski definition) is 3. The molecule has 0 fully saturated rings. The average molecular weight is 415 g/mol. The highest BCUT2D eigenvalue weighted by molar-refractivity contribution is 6.02. The molecular weight excluding hydrogens is 396 g/mol. The van der Waals surface area contributed by atoms with Crippen LogP contribution in [-0.2, 0) is 4.79 Å². The topological polar surface area (TPSA) is 108 Å². The number of fused-ring (bicyclic) bond motifs is 1. The molecule has 0 unspecified atom stereocenters. The molecule has 4 aromatic rings. The standard InChI is InChI=1S/C23H18N4O4/c1-31-19-10-2-15(3-11-19)4-13-22(28)24-17-7-5-16(6-8-17)23-25-20-12-9-18(26-29)14-21(20)27(23)30/h2-14,30H,1H3,(H,24,25,28,29)/p+1/b13-4+.